The van der Waals surface area contributed by atoms with Crippen LogP contribution in [0.15, 0.2) is 71.7 Å². The molecule has 0 fully saturated rings. The van der Waals surface area contributed by atoms with Crippen LogP contribution >= 0.6 is 11.6 Å². The molecule has 0 saturated heterocycles. The number of amides is 1. The van der Waals surface area contributed by atoms with Gasteiger partial charge in [-0.1, -0.05) is 24.9 Å². The number of nitrogens with zero attached hydrogens (tertiary/aromatic N) is 6. The molecular weight excluding hydrogens is 624 g/mol. The Kier molecular flexibility index (Phi) is 9.44. The van der Waals surface area contributed by atoms with Crippen LogP contribution in [0.1, 0.15) is 48.4 Å². The lowest BCUT2D eigenvalue weighted by Gasteiger charge is -2.23. The summed E-state index contributed by atoms with van der Waals surface area (Å²) in [5.41, 5.74) is 5.92. The van der Waals surface area contributed by atoms with E-state index in [2.05, 4.69) is 20.4 Å². The van der Waals surface area contributed by atoms with Crippen LogP contribution < -0.4 is 27.5 Å². The maximum atomic E-state index is 13.7. The van der Waals surface area contributed by atoms with Gasteiger partial charge in [0.1, 0.15) is 5.82 Å². The van der Waals surface area contributed by atoms with Gasteiger partial charge in [-0.05, 0) is 43.2 Å². The van der Waals surface area contributed by atoms with Crippen molar-refractivity contribution < 1.29 is 23.1 Å². The van der Waals surface area contributed by atoms with E-state index in [1.165, 1.54) is 59.2 Å². The lowest BCUT2D eigenvalue weighted by atomic mass is 9.98. The Labute approximate surface area is 266 Å². The molecule has 1 aliphatic heterocycles. The van der Waals surface area contributed by atoms with E-state index >= 15 is 0 Å². The van der Waals surface area contributed by atoms with E-state index in [1.54, 1.807) is 19.1 Å². The topological polar surface area (TPSA) is 176 Å². The Morgan fingerprint density at radius 2 is 1.96 bits per heavy atom. The van der Waals surface area contributed by atoms with E-state index in [-0.39, 0.29) is 28.8 Å². The summed E-state index contributed by atoms with van der Waals surface area (Å²) in [4.78, 5) is 48.0. The molecule has 13 nitrogen and oxygen atoms in total. The van der Waals surface area contributed by atoms with Crippen LogP contribution in [0.4, 0.5) is 20.3 Å². The molecule has 46 heavy (non-hydrogen) atoms. The maximum Gasteiger partial charge on any atom is 0.358 e. The Morgan fingerprint density at radius 3 is 2.67 bits per heavy atom. The van der Waals surface area contributed by atoms with Gasteiger partial charge in [-0.15, -0.1) is 0 Å². The smallest absolute Gasteiger partial charge is 0.358 e. The molecule has 0 aliphatic carbocycles. The number of pyridine rings is 1. The first-order valence-electron chi connectivity index (χ1n) is 14.1. The number of carbonyl (C=O) groups is 2. The number of carbonyl (C=O) groups excluding carboxylic acids is 2. The number of aromatic nitrogens is 5. The Hall–Kier alpha value is -5.15. The quantitative estimate of drug-likeness (QED) is 0.156. The number of fused-ring (bicyclic) bond motifs is 4. The summed E-state index contributed by atoms with van der Waals surface area (Å²) in [5.74, 6) is 4.96. The molecular formula is C30H30ClF2N9O4. The summed E-state index contributed by atoms with van der Waals surface area (Å²) in [6.45, 7) is 1.78. The third kappa shape index (κ3) is 6.74. The molecule has 3 aromatic heterocycles. The van der Waals surface area contributed by atoms with Gasteiger partial charge in [0.25, 0.3) is 12.0 Å². The largest absolute Gasteiger partial charge is 0.464 e. The minimum Gasteiger partial charge on any atom is -0.464 e. The van der Waals surface area contributed by atoms with E-state index in [0.717, 1.165) is 11.2 Å². The molecule has 1 amide bonds. The van der Waals surface area contributed by atoms with E-state index in [1.807, 2.05) is 0 Å². The number of hydrazine groups is 1. The zero-order valence-corrected chi connectivity index (χ0v) is 25.5. The Bertz CT molecular complexity index is 1880. The minimum absolute atomic E-state index is 0.00458. The molecule has 5 N–H and O–H groups in total. The lowest BCUT2D eigenvalue weighted by molar-refractivity contribution is -0.119. The van der Waals surface area contributed by atoms with Gasteiger partial charge in [-0.3, -0.25) is 24.1 Å². The number of esters is 1. The molecule has 0 unspecified atom stereocenters. The van der Waals surface area contributed by atoms with Gasteiger partial charge in [0.2, 0.25) is 5.91 Å². The van der Waals surface area contributed by atoms with Crippen LogP contribution in [0, 0.1) is 5.92 Å². The third-order valence-corrected chi connectivity index (χ3v) is 7.73. The number of halogens is 3. The van der Waals surface area contributed by atoms with Crippen molar-refractivity contribution in [1.82, 2.24) is 24.3 Å². The van der Waals surface area contributed by atoms with E-state index < -0.39 is 35.6 Å². The zero-order chi connectivity index (χ0) is 33.1. The number of methoxy groups -OCH3 is 1. The number of benzene rings is 1. The number of hydrogen-bond acceptors (Lipinski definition) is 10. The van der Waals surface area contributed by atoms with Crippen molar-refractivity contribution in [1.29, 1.82) is 0 Å². The van der Waals surface area contributed by atoms with Gasteiger partial charge in [-0.25, -0.2) is 29.1 Å². The highest BCUT2D eigenvalue weighted by molar-refractivity contribution is 6.31. The van der Waals surface area contributed by atoms with Crippen molar-refractivity contribution in [3.8, 4) is 16.9 Å². The molecule has 16 heteroatoms. The number of anilines is 2. The van der Waals surface area contributed by atoms with Crippen LogP contribution in [0.5, 0.6) is 0 Å². The fraction of sp³-hybridized carbons (Fsp3) is 0.267. The Morgan fingerprint density at radius 1 is 1.17 bits per heavy atom. The SMILES string of the molecule is COC(=O)c1cc2n(n1)-c1ccnc(c1)[C@@H](n1cnc(-c3cc(Cl)ccc3N(N)/C=C(\N)C(F)F)cc1=O)CCC[C@@H](C)C(=O)N2. The molecule has 0 radical (unpaired) electrons. The first kappa shape index (κ1) is 32.2. The number of rotatable bonds is 6. The van der Waals surface area contributed by atoms with Crippen molar-refractivity contribution in [3.63, 3.8) is 0 Å². The minimum atomic E-state index is -2.92. The molecule has 1 aromatic carbocycles. The molecule has 5 rings (SSSR count). The molecule has 2 atom stereocenters. The standard InChI is InChI=1S/C30H30ClF2N9O4/c1-16-4-3-5-25(22-11-18(8-9-36-22)42-26(38-29(16)44)12-23(39-42)30(45)46-2)40-15-37-21(13-27(40)43)19-10-17(31)6-7-24(19)41(35)14-20(34)28(32)33/h6-16,25,28H,3-5,34-35H2,1-2H3,(H,38,44)/b20-14-/t16-,25+/m1/s1. The van der Waals surface area contributed by atoms with Gasteiger partial charge in [0.05, 0.1) is 47.9 Å². The van der Waals surface area contributed by atoms with Crippen molar-refractivity contribution in [2.75, 3.05) is 17.4 Å². The second-order valence-corrected chi connectivity index (χ2v) is 11.0. The summed E-state index contributed by atoms with van der Waals surface area (Å²) in [5, 5.41) is 8.40. The van der Waals surface area contributed by atoms with Crippen molar-refractivity contribution in [2.24, 2.45) is 17.5 Å². The number of hydrogen-bond donors (Lipinski definition) is 3. The summed E-state index contributed by atoms with van der Waals surface area (Å²) in [7, 11) is 1.23. The highest BCUT2D eigenvalue weighted by atomic mass is 35.5. The van der Waals surface area contributed by atoms with Crippen LogP contribution in [-0.4, -0.2) is 49.7 Å². The molecule has 1 aliphatic rings. The van der Waals surface area contributed by atoms with E-state index in [9.17, 15) is 23.2 Å². The zero-order valence-electron chi connectivity index (χ0n) is 24.7. The molecule has 240 valence electrons. The summed E-state index contributed by atoms with van der Waals surface area (Å²) >= 11 is 6.23. The first-order valence-corrected chi connectivity index (χ1v) is 14.5. The van der Waals surface area contributed by atoms with Crippen LogP contribution in [0.25, 0.3) is 16.9 Å². The van der Waals surface area contributed by atoms with E-state index in [0.29, 0.717) is 41.2 Å². The Balaban J connectivity index is 1.58. The monoisotopic (exact) mass is 653 g/mol. The van der Waals surface area contributed by atoms with Gasteiger partial charge >= 0.3 is 5.97 Å². The average molecular weight is 654 g/mol. The van der Waals surface area contributed by atoms with Gasteiger partial charge in [0, 0.05) is 41.0 Å². The number of allylic oxidation sites excluding steroid dienone is 1. The molecule has 0 saturated carbocycles. The molecule has 0 spiro atoms. The van der Waals surface area contributed by atoms with E-state index in [4.69, 9.17) is 27.9 Å². The average Bonchev–Trinajstić information content (AvgIpc) is 3.46. The van der Waals surface area contributed by atoms with Crippen LogP contribution in [-0.2, 0) is 9.53 Å². The summed E-state index contributed by atoms with van der Waals surface area (Å²) < 4.78 is 33.7. The maximum absolute atomic E-state index is 13.7. The molecule has 2 bridgehead atoms. The van der Waals surface area contributed by atoms with Crippen molar-refractivity contribution in [3.05, 3.63) is 93.7 Å². The highest BCUT2D eigenvalue weighted by Gasteiger charge is 2.25. The fourth-order valence-electron chi connectivity index (χ4n) is 5.07. The molecule has 4 heterocycles. The first-order chi connectivity index (χ1) is 22.0. The second-order valence-electron chi connectivity index (χ2n) is 10.6. The van der Waals surface area contributed by atoms with Crippen LogP contribution in [0.2, 0.25) is 5.02 Å². The highest BCUT2D eigenvalue weighted by Crippen LogP contribution is 2.32. The van der Waals surface area contributed by atoms with Gasteiger partial charge in [0.15, 0.2) is 5.69 Å². The van der Waals surface area contributed by atoms with Gasteiger partial charge < -0.3 is 15.8 Å². The lowest BCUT2D eigenvalue weighted by Crippen LogP contribution is -2.29. The normalized spacial score (nSPS) is 17.0. The van der Waals surface area contributed by atoms with Crippen LogP contribution in [0.3, 0.4) is 0 Å². The molecule has 4 aromatic rings. The predicted octanol–water partition coefficient (Wildman–Crippen LogP) is 4.02. The predicted molar refractivity (Wildman–Crippen MR) is 166 cm³/mol. The number of ether oxygens (including phenoxy) is 1. The number of alkyl halides is 2. The van der Waals surface area contributed by atoms with Gasteiger partial charge in [-0.2, -0.15) is 5.10 Å². The van der Waals surface area contributed by atoms with Crippen molar-refractivity contribution in [2.45, 2.75) is 38.7 Å². The van der Waals surface area contributed by atoms with Crippen molar-refractivity contribution >= 4 is 35.0 Å². The third-order valence-electron chi connectivity index (χ3n) is 7.49. The summed E-state index contributed by atoms with van der Waals surface area (Å²) in [6.07, 6.45) is 2.35. The number of nitrogens with two attached hydrogens (primary N) is 2. The number of nitrogens with one attached hydrogen (secondary N) is 1. The fourth-order valence-corrected chi connectivity index (χ4v) is 5.24. The summed E-state index contributed by atoms with van der Waals surface area (Å²) in [6, 6.07) is 9.99. The second kappa shape index (κ2) is 13.5.